The lowest BCUT2D eigenvalue weighted by molar-refractivity contribution is -0.384. The molecular weight excluding hydrogens is 338 g/mol. The van der Waals surface area contributed by atoms with Crippen LogP contribution >= 0.6 is 11.3 Å². The molecule has 0 amide bonds. The Labute approximate surface area is 147 Å². The maximum absolute atomic E-state index is 12.8. The first-order valence-electron chi connectivity index (χ1n) is 7.91. The SMILES string of the molecule is Cc1sc2nc3n(c(=O)c2c1C)CC/C3=C/c1ccc([N+](=O)[O-])cc1. The van der Waals surface area contributed by atoms with Crippen LogP contribution in [0.3, 0.4) is 0 Å². The molecule has 0 spiro atoms. The van der Waals surface area contributed by atoms with E-state index in [1.807, 2.05) is 19.9 Å². The molecule has 1 aliphatic rings. The van der Waals surface area contributed by atoms with Gasteiger partial charge in [0.2, 0.25) is 0 Å². The first-order chi connectivity index (χ1) is 12.0. The summed E-state index contributed by atoms with van der Waals surface area (Å²) >= 11 is 1.55. The monoisotopic (exact) mass is 353 g/mol. The Morgan fingerprint density at radius 2 is 2.00 bits per heavy atom. The summed E-state index contributed by atoms with van der Waals surface area (Å²) in [7, 11) is 0. The third-order valence-corrected chi connectivity index (χ3v) is 5.73. The van der Waals surface area contributed by atoms with Gasteiger partial charge in [-0.05, 0) is 55.2 Å². The second kappa shape index (κ2) is 5.63. The number of nitro benzene ring substituents is 1. The van der Waals surface area contributed by atoms with Crippen LogP contribution in [0.5, 0.6) is 0 Å². The second-order valence-corrected chi connectivity index (χ2v) is 7.33. The Morgan fingerprint density at radius 3 is 2.68 bits per heavy atom. The van der Waals surface area contributed by atoms with Crippen LogP contribution in [0, 0.1) is 24.0 Å². The molecule has 6 nitrogen and oxygen atoms in total. The summed E-state index contributed by atoms with van der Waals surface area (Å²) < 4.78 is 1.73. The number of hydrogen-bond acceptors (Lipinski definition) is 5. The molecule has 3 aromatic rings. The fraction of sp³-hybridized carbons (Fsp3) is 0.222. The first kappa shape index (κ1) is 15.7. The number of nitrogens with zero attached hydrogens (tertiary/aromatic N) is 3. The van der Waals surface area contributed by atoms with Crippen molar-refractivity contribution in [3.8, 4) is 0 Å². The average Bonchev–Trinajstić information content (AvgIpc) is 3.10. The Balaban J connectivity index is 1.82. The highest BCUT2D eigenvalue weighted by molar-refractivity contribution is 7.18. The zero-order chi connectivity index (χ0) is 17.7. The number of aromatic nitrogens is 2. The van der Waals surface area contributed by atoms with Gasteiger partial charge in [-0.1, -0.05) is 0 Å². The molecule has 0 radical (unpaired) electrons. The van der Waals surface area contributed by atoms with Crippen LogP contribution in [0.25, 0.3) is 21.9 Å². The van der Waals surface area contributed by atoms with Gasteiger partial charge in [-0.25, -0.2) is 4.98 Å². The highest BCUT2D eigenvalue weighted by Crippen LogP contribution is 2.32. The molecule has 1 aromatic carbocycles. The third kappa shape index (κ3) is 2.47. The largest absolute Gasteiger partial charge is 0.292 e. The van der Waals surface area contributed by atoms with E-state index in [9.17, 15) is 14.9 Å². The second-order valence-electron chi connectivity index (χ2n) is 6.12. The third-order valence-electron chi connectivity index (χ3n) is 4.63. The molecule has 0 aliphatic carbocycles. The van der Waals surface area contributed by atoms with Crippen molar-refractivity contribution < 1.29 is 4.92 Å². The molecule has 0 N–H and O–H groups in total. The van der Waals surface area contributed by atoms with Gasteiger partial charge in [0.15, 0.2) is 0 Å². The van der Waals surface area contributed by atoms with E-state index in [1.54, 1.807) is 28.0 Å². The van der Waals surface area contributed by atoms with Gasteiger partial charge in [-0.15, -0.1) is 11.3 Å². The van der Waals surface area contributed by atoms with Gasteiger partial charge in [-0.2, -0.15) is 0 Å². The van der Waals surface area contributed by atoms with E-state index in [-0.39, 0.29) is 11.2 Å². The molecule has 3 heterocycles. The molecule has 25 heavy (non-hydrogen) atoms. The summed E-state index contributed by atoms with van der Waals surface area (Å²) in [5.41, 5.74) is 2.95. The minimum atomic E-state index is -0.416. The van der Waals surface area contributed by atoms with E-state index in [0.29, 0.717) is 12.4 Å². The Hall–Kier alpha value is -2.80. The minimum Gasteiger partial charge on any atom is -0.292 e. The van der Waals surface area contributed by atoms with Crippen molar-refractivity contribution in [1.29, 1.82) is 0 Å². The maximum Gasteiger partial charge on any atom is 0.269 e. The van der Waals surface area contributed by atoms with Crippen LogP contribution in [0.4, 0.5) is 5.69 Å². The van der Waals surface area contributed by atoms with Gasteiger partial charge < -0.3 is 0 Å². The number of allylic oxidation sites excluding steroid dienone is 1. The van der Waals surface area contributed by atoms with Gasteiger partial charge in [0, 0.05) is 23.6 Å². The van der Waals surface area contributed by atoms with Gasteiger partial charge in [-0.3, -0.25) is 19.5 Å². The topological polar surface area (TPSA) is 78.0 Å². The van der Waals surface area contributed by atoms with Crippen molar-refractivity contribution in [2.45, 2.75) is 26.8 Å². The van der Waals surface area contributed by atoms with Crippen LogP contribution < -0.4 is 5.56 Å². The number of hydrogen-bond donors (Lipinski definition) is 0. The first-order valence-corrected chi connectivity index (χ1v) is 8.73. The number of aryl methyl sites for hydroxylation is 2. The molecule has 0 atom stereocenters. The van der Waals surface area contributed by atoms with Crippen LogP contribution in [0.1, 0.15) is 28.2 Å². The summed E-state index contributed by atoms with van der Waals surface area (Å²) in [5, 5.41) is 11.5. The van der Waals surface area contributed by atoms with Crippen molar-refractivity contribution >= 4 is 38.9 Å². The van der Waals surface area contributed by atoms with E-state index < -0.39 is 4.92 Å². The number of rotatable bonds is 2. The quantitative estimate of drug-likeness (QED) is 0.516. The zero-order valence-electron chi connectivity index (χ0n) is 13.8. The molecule has 0 bridgehead atoms. The van der Waals surface area contributed by atoms with Gasteiger partial charge >= 0.3 is 0 Å². The highest BCUT2D eigenvalue weighted by Gasteiger charge is 2.23. The van der Waals surface area contributed by atoms with Gasteiger partial charge in [0.1, 0.15) is 10.7 Å². The molecular formula is C18H15N3O3S. The molecule has 126 valence electrons. The molecule has 4 rings (SSSR count). The molecule has 2 aromatic heterocycles. The average molecular weight is 353 g/mol. The molecule has 0 unspecified atom stereocenters. The highest BCUT2D eigenvalue weighted by atomic mass is 32.1. The normalized spacial score (nSPS) is 15.0. The van der Waals surface area contributed by atoms with Crippen molar-refractivity contribution in [3.05, 3.63) is 66.6 Å². The summed E-state index contributed by atoms with van der Waals surface area (Å²) in [6.45, 7) is 4.58. The van der Waals surface area contributed by atoms with Crippen LogP contribution in [0.2, 0.25) is 0 Å². The molecule has 1 aliphatic heterocycles. The van der Waals surface area contributed by atoms with Crippen LogP contribution in [0.15, 0.2) is 29.1 Å². The number of benzene rings is 1. The molecule has 0 saturated heterocycles. The molecule has 0 fully saturated rings. The Kier molecular flexibility index (Phi) is 3.54. The number of nitro groups is 1. The Morgan fingerprint density at radius 1 is 1.28 bits per heavy atom. The molecule has 7 heteroatoms. The standard InChI is InChI=1S/C18H15N3O3S/c1-10-11(2)25-17-15(10)18(22)20-8-7-13(16(20)19-17)9-12-3-5-14(6-4-12)21(23)24/h3-6,9H,7-8H2,1-2H3/b13-9-. The van der Waals surface area contributed by atoms with Crippen molar-refractivity contribution in [3.63, 3.8) is 0 Å². The van der Waals surface area contributed by atoms with Crippen molar-refractivity contribution in [2.75, 3.05) is 0 Å². The van der Waals surface area contributed by atoms with Crippen molar-refractivity contribution in [2.24, 2.45) is 0 Å². The lowest BCUT2D eigenvalue weighted by Crippen LogP contribution is -2.20. The zero-order valence-corrected chi connectivity index (χ0v) is 14.6. The Bertz CT molecular complexity index is 1110. The lowest BCUT2D eigenvalue weighted by atomic mass is 10.1. The van der Waals surface area contributed by atoms with Crippen molar-refractivity contribution in [1.82, 2.24) is 9.55 Å². The number of non-ortho nitro benzene ring substituents is 1. The maximum atomic E-state index is 12.8. The van der Waals surface area contributed by atoms with Gasteiger partial charge in [0.05, 0.1) is 10.3 Å². The predicted molar refractivity (Wildman–Crippen MR) is 98.9 cm³/mol. The number of thiophene rings is 1. The minimum absolute atomic E-state index is 0.0222. The lowest BCUT2D eigenvalue weighted by Gasteiger charge is -2.03. The van der Waals surface area contributed by atoms with E-state index >= 15 is 0 Å². The van der Waals surface area contributed by atoms with Crippen LogP contribution in [-0.2, 0) is 6.54 Å². The van der Waals surface area contributed by atoms with Gasteiger partial charge in [0.25, 0.3) is 11.2 Å². The summed E-state index contributed by atoms with van der Waals surface area (Å²) in [6, 6.07) is 6.39. The predicted octanol–water partition coefficient (Wildman–Crippen LogP) is 3.93. The fourth-order valence-corrected chi connectivity index (χ4v) is 4.17. The fourth-order valence-electron chi connectivity index (χ4n) is 3.15. The number of fused-ring (bicyclic) bond motifs is 2. The summed E-state index contributed by atoms with van der Waals surface area (Å²) in [5.74, 6) is 0.706. The molecule has 0 saturated carbocycles. The smallest absolute Gasteiger partial charge is 0.269 e. The van der Waals surface area contributed by atoms with E-state index in [0.717, 1.165) is 38.2 Å². The summed E-state index contributed by atoms with van der Waals surface area (Å²) in [6.07, 6.45) is 2.68. The van der Waals surface area contributed by atoms with E-state index in [4.69, 9.17) is 4.98 Å². The van der Waals surface area contributed by atoms with E-state index in [2.05, 4.69) is 0 Å². The summed E-state index contributed by atoms with van der Waals surface area (Å²) in [4.78, 5) is 29.8. The van der Waals surface area contributed by atoms with E-state index in [1.165, 1.54) is 12.1 Å². The van der Waals surface area contributed by atoms with Crippen LogP contribution in [-0.4, -0.2) is 14.5 Å².